The van der Waals surface area contributed by atoms with Crippen molar-refractivity contribution >= 4 is 0 Å². The molecule has 86 valence electrons. The molecular formula is C13H17NO2. The van der Waals surface area contributed by atoms with Crippen LogP contribution in [0.4, 0.5) is 0 Å². The number of fused-ring (bicyclic) bond motifs is 1. The van der Waals surface area contributed by atoms with Crippen LogP contribution in [0.5, 0.6) is 11.5 Å². The Hall–Kier alpha value is -1.22. The molecule has 3 nitrogen and oxygen atoms in total. The summed E-state index contributed by atoms with van der Waals surface area (Å²) in [5.74, 6) is 1.79. The normalized spacial score (nSPS) is 25.5. The van der Waals surface area contributed by atoms with E-state index in [1.165, 1.54) is 6.42 Å². The molecular weight excluding hydrogens is 202 g/mol. The van der Waals surface area contributed by atoms with E-state index in [9.17, 15) is 0 Å². The van der Waals surface area contributed by atoms with Crippen molar-refractivity contribution in [2.75, 3.05) is 7.11 Å². The third kappa shape index (κ3) is 1.39. The van der Waals surface area contributed by atoms with Gasteiger partial charge in [-0.15, -0.1) is 0 Å². The molecule has 16 heavy (non-hydrogen) atoms. The first kappa shape index (κ1) is 9.97. The molecule has 1 aliphatic heterocycles. The first-order valence-corrected chi connectivity index (χ1v) is 5.85. The summed E-state index contributed by atoms with van der Waals surface area (Å²) < 4.78 is 11.3. The van der Waals surface area contributed by atoms with Crippen LogP contribution in [0.15, 0.2) is 18.2 Å². The fourth-order valence-corrected chi connectivity index (χ4v) is 2.70. The van der Waals surface area contributed by atoms with Crippen LogP contribution >= 0.6 is 0 Å². The largest absolute Gasteiger partial charge is 0.497 e. The zero-order valence-electron chi connectivity index (χ0n) is 9.53. The van der Waals surface area contributed by atoms with Crippen LogP contribution in [0.2, 0.25) is 0 Å². The molecule has 1 aromatic carbocycles. The van der Waals surface area contributed by atoms with Gasteiger partial charge in [-0.1, -0.05) is 0 Å². The maximum absolute atomic E-state index is 6.22. The van der Waals surface area contributed by atoms with Gasteiger partial charge in [0.2, 0.25) is 0 Å². The van der Waals surface area contributed by atoms with Gasteiger partial charge >= 0.3 is 0 Å². The van der Waals surface area contributed by atoms with E-state index in [4.69, 9.17) is 15.2 Å². The van der Waals surface area contributed by atoms with Crippen molar-refractivity contribution in [3.8, 4) is 11.5 Å². The van der Waals surface area contributed by atoms with Crippen molar-refractivity contribution < 1.29 is 9.47 Å². The third-order valence-electron chi connectivity index (χ3n) is 3.80. The molecule has 0 bridgehead atoms. The minimum Gasteiger partial charge on any atom is -0.497 e. The lowest BCUT2D eigenvalue weighted by atomic mass is 9.73. The van der Waals surface area contributed by atoms with Crippen molar-refractivity contribution in [3.05, 3.63) is 23.8 Å². The quantitative estimate of drug-likeness (QED) is 0.788. The highest BCUT2D eigenvalue weighted by molar-refractivity contribution is 5.44. The van der Waals surface area contributed by atoms with Gasteiger partial charge in [-0.3, -0.25) is 0 Å². The number of rotatable bonds is 1. The van der Waals surface area contributed by atoms with Crippen LogP contribution in [0.1, 0.15) is 37.3 Å². The van der Waals surface area contributed by atoms with Crippen molar-refractivity contribution in [3.63, 3.8) is 0 Å². The molecule has 3 rings (SSSR count). The molecule has 1 saturated carbocycles. The molecule has 0 aromatic heterocycles. The summed E-state index contributed by atoms with van der Waals surface area (Å²) in [7, 11) is 1.67. The standard InChI is InChI=1S/C13H17NO2/c1-15-9-3-4-12-10(7-9)11(14)8-13(16-12)5-2-6-13/h3-4,7,11H,2,5-6,8,14H2,1H3/t11-/m1/s1. The van der Waals surface area contributed by atoms with Crippen LogP contribution in [0, 0.1) is 0 Å². The fraction of sp³-hybridized carbons (Fsp3) is 0.538. The molecule has 0 amide bonds. The number of benzene rings is 1. The summed E-state index contributed by atoms with van der Waals surface area (Å²) in [4.78, 5) is 0. The van der Waals surface area contributed by atoms with E-state index >= 15 is 0 Å². The SMILES string of the molecule is COc1ccc2c(c1)[C@H](N)CC1(CCC1)O2. The Kier molecular flexibility index (Phi) is 2.11. The highest BCUT2D eigenvalue weighted by Gasteiger charge is 2.44. The van der Waals surface area contributed by atoms with E-state index < -0.39 is 0 Å². The molecule has 3 heteroatoms. The lowest BCUT2D eigenvalue weighted by Gasteiger charge is -2.47. The zero-order valence-corrected chi connectivity index (χ0v) is 9.53. The number of methoxy groups -OCH3 is 1. The average molecular weight is 219 g/mol. The van der Waals surface area contributed by atoms with Crippen LogP contribution in [-0.4, -0.2) is 12.7 Å². The van der Waals surface area contributed by atoms with Gasteiger partial charge in [0, 0.05) is 18.0 Å². The van der Waals surface area contributed by atoms with Crippen LogP contribution < -0.4 is 15.2 Å². The molecule has 2 N–H and O–H groups in total. The van der Waals surface area contributed by atoms with E-state index in [0.29, 0.717) is 0 Å². The summed E-state index contributed by atoms with van der Waals surface area (Å²) in [6.07, 6.45) is 4.49. The second-order valence-electron chi connectivity index (χ2n) is 4.85. The topological polar surface area (TPSA) is 44.5 Å². The molecule has 1 fully saturated rings. The van der Waals surface area contributed by atoms with Crippen LogP contribution in [0.3, 0.4) is 0 Å². The molecule has 0 radical (unpaired) electrons. The molecule has 1 aliphatic carbocycles. The van der Waals surface area contributed by atoms with E-state index in [0.717, 1.165) is 36.3 Å². The van der Waals surface area contributed by atoms with Gasteiger partial charge < -0.3 is 15.2 Å². The number of nitrogens with two attached hydrogens (primary N) is 1. The molecule has 1 atom stereocenters. The lowest BCUT2D eigenvalue weighted by molar-refractivity contribution is -0.0330. The number of hydrogen-bond donors (Lipinski definition) is 1. The predicted octanol–water partition coefficient (Wildman–Crippen LogP) is 2.40. The molecule has 1 spiro atoms. The predicted molar refractivity (Wildman–Crippen MR) is 61.7 cm³/mol. The van der Waals surface area contributed by atoms with Crippen molar-refractivity contribution in [1.29, 1.82) is 0 Å². The molecule has 2 aliphatic rings. The maximum Gasteiger partial charge on any atom is 0.125 e. The van der Waals surface area contributed by atoms with Gasteiger partial charge in [0.25, 0.3) is 0 Å². The second kappa shape index (κ2) is 3.39. The van der Waals surface area contributed by atoms with Gasteiger partial charge in [0.15, 0.2) is 0 Å². The Morgan fingerprint density at radius 1 is 1.44 bits per heavy atom. The third-order valence-corrected chi connectivity index (χ3v) is 3.80. The van der Waals surface area contributed by atoms with Gasteiger partial charge in [0.05, 0.1) is 7.11 Å². The highest BCUT2D eigenvalue weighted by Crippen LogP contribution is 2.48. The minimum atomic E-state index is 0.0427. The fourth-order valence-electron chi connectivity index (χ4n) is 2.70. The van der Waals surface area contributed by atoms with E-state index in [2.05, 4.69) is 0 Å². The Bertz CT molecular complexity index is 412. The van der Waals surface area contributed by atoms with Crippen LogP contribution in [-0.2, 0) is 0 Å². The van der Waals surface area contributed by atoms with E-state index in [1.54, 1.807) is 7.11 Å². The van der Waals surface area contributed by atoms with Gasteiger partial charge in [0.1, 0.15) is 17.1 Å². The second-order valence-corrected chi connectivity index (χ2v) is 4.85. The first-order chi connectivity index (χ1) is 7.72. The Morgan fingerprint density at radius 3 is 2.88 bits per heavy atom. The zero-order chi connectivity index (χ0) is 11.2. The number of ether oxygens (including phenoxy) is 2. The molecule has 1 aromatic rings. The highest BCUT2D eigenvalue weighted by atomic mass is 16.5. The number of hydrogen-bond acceptors (Lipinski definition) is 3. The monoisotopic (exact) mass is 219 g/mol. The Labute approximate surface area is 95.5 Å². The molecule has 0 unspecified atom stereocenters. The first-order valence-electron chi connectivity index (χ1n) is 5.85. The molecule has 1 heterocycles. The van der Waals surface area contributed by atoms with E-state index in [1.807, 2.05) is 18.2 Å². The van der Waals surface area contributed by atoms with Gasteiger partial charge in [-0.05, 0) is 37.5 Å². The van der Waals surface area contributed by atoms with Gasteiger partial charge in [-0.2, -0.15) is 0 Å². The summed E-state index contributed by atoms with van der Waals surface area (Å²) in [6.45, 7) is 0. The summed E-state index contributed by atoms with van der Waals surface area (Å²) in [5, 5.41) is 0. The Morgan fingerprint density at radius 2 is 2.25 bits per heavy atom. The maximum atomic E-state index is 6.22. The summed E-state index contributed by atoms with van der Waals surface area (Å²) >= 11 is 0. The van der Waals surface area contributed by atoms with Crippen molar-refractivity contribution in [2.45, 2.75) is 37.3 Å². The van der Waals surface area contributed by atoms with Crippen molar-refractivity contribution in [2.24, 2.45) is 5.73 Å². The smallest absolute Gasteiger partial charge is 0.125 e. The van der Waals surface area contributed by atoms with Crippen molar-refractivity contribution in [1.82, 2.24) is 0 Å². The molecule has 0 saturated heterocycles. The van der Waals surface area contributed by atoms with Gasteiger partial charge in [-0.25, -0.2) is 0 Å². The summed E-state index contributed by atoms with van der Waals surface area (Å²) in [5.41, 5.74) is 7.34. The minimum absolute atomic E-state index is 0.0427. The average Bonchev–Trinajstić information content (AvgIpc) is 2.26. The lowest BCUT2D eigenvalue weighted by Crippen LogP contribution is -2.48. The Balaban J connectivity index is 1.97. The summed E-state index contributed by atoms with van der Waals surface area (Å²) in [6, 6.07) is 5.99. The van der Waals surface area contributed by atoms with E-state index in [-0.39, 0.29) is 11.6 Å². The van der Waals surface area contributed by atoms with Crippen LogP contribution in [0.25, 0.3) is 0 Å².